The molecule has 0 spiro atoms. The van der Waals surface area contributed by atoms with Crippen LogP contribution in [0.3, 0.4) is 0 Å². The van der Waals surface area contributed by atoms with Crippen LogP contribution in [0.25, 0.3) is 10.8 Å². The summed E-state index contributed by atoms with van der Waals surface area (Å²) in [6.45, 7) is 1.55. The first-order chi connectivity index (χ1) is 13.0. The van der Waals surface area contributed by atoms with Gasteiger partial charge in [0.05, 0.1) is 35.3 Å². The van der Waals surface area contributed by atoms with E-state index in [9.17, 15) is 19.5 Å². The molecule has 0 aliphatic carbocycles. The number of aliphatic carboxylic acids is 1. The largest absolute Gasteiger partial charge is 0.480 e. The Kier molecular flexibility index (Phi) is 3.98. The number of rotatable bonds is 3. The van der Waals surface area contributed by atoms with E-state index in [0.717, 1.165) is 10.1 Å². The summed E-state index contributed by atoms with van der Waals surface area (Å²) in [7, 11) is 0. The molecule has 1 aromatic carbocycles. The third kappa shape index (κ3) is 2.86. The number of amides is 1. The number of hydrogen-bond acceptors (Lipinski definition) is 5. The second-order valence-corrected chi connectivity index (χ2v) is 6.50. The number of nitrogens with zero attached hydrogens (tertiary/aromatic N) is 4. The van der Waals surface area contributed by atoms with Crippen molar-refractivity contribution in [2.45, 2.75) is 32.5 Å². The topological polar surface area (TPSA) is 121 Å². The molecular formula is C18H17N5O4. The smallest absolute Gasteiger partial charge is 0.326 e. The molecule has 0 bridgehead atoms. The number of fused-ring (bicyclic) bond motifs is 2. The van der Waals surface area contributed by atoms with Gasteiger partial charge in [-0.25, -0.2) is 14.5 Å². The van der Waals surface area contributed by atoms with Crippen LogP contribution in [0.4, 0.5) is 0 Å². The van der Waals surface area contributed by atoms with Crippen molar-refractivity contribution < 1.29 is 14.7 Å². The predicted octanol–water partition coefficient (Wildman–Crippen LogP) is 0.466. The van der Waals surface area contributed by atoms with Crippen molar-refractivity contribution in [3.8, 4) is 0 Å². The fraction of sp³-hybridized carbons (Fsp3) is 0.278. The number of benzene rings is 1. The lowest BCUT2D eigenvalue weighted by molar-refractivity contribution is -0.151. The van der Waals surface area contributed by atoms with E-state index < -0.39 is 17.9 Å². The standard InChI is InChI=1S/C18H17N5O4/c1-10-11-4-2-3-5-12(11)17(25)23(21-10)8-16(24)22-7-14-13(19-9-20-14)6-15(22)18(26)27/h2-5,9,15H,6-8H2,1H3,(H,19,20)(H,26,27)/t15-/m1/s1. The highest BCUT2D eigenvalue weighted by Gasteiger charge is 2.36. The van der Waals surface area contributed by atoms with Crippen LogP contribution >= 0.6 is 0 Å². The Hall–Kier alpha value is -3.49. The number of carbonyl (C=O) groups is 2. The van der Waals surface area contributed by atoms with Crippen molar-refractivity contribution in [2.75, 3.05) is 0 Å². The molecule has 1 amide bonds. The molecular weight excluding hydrogens is 350 g/mol. The molecule has 9 heteroatoms. The molecule has 0 saturated carbocycles. The van der Waals surface area contributed by atoms with Crippen LogP contribution < -0.4 is 5.56 Å². The number of carboxylic acid groups (broad SMARTS) is 1. The molecule has 0 saturated heterocycles. The highest BCUT2D eigenvalue weighted by molar-refractivity contribution is 5.85. The number of nitrogens with one attached hydrogen (secondary N) is 1. The Morgan fingerprint density at radius 1 is 1.30 bits per heavy atom. The van der Waals surface area contributed by atoms with Gasteiger partial charge < -0.3 is 15.0 Å². The Balaban J connectivity index is 1.68. The van der Waals surface area contributed by atoms with Gasteiger partial charge >= 0.3 is 5.97 Å². The highest BCUT2D eigenvalue weighted by Crippen LogP contribution is 2.21. The van der Waals surface area contributed by atoms with E-state index in [1.165, 1.54) is 11.2 Å². The van der Waals surface area contributed by atoms with Crippen molar-refractivity contribution >= 4 is 22.6 Å². The summed E-state index contributed by atoms with van der Waals surface area (Å²) in [5.41, 5.74) is 1.59. The van der Waals surface area contributed by atoms with Gasteiger partial charge in [-0.3, -0.25) is 9.59 Å². The van der Waals surface area contributed by atoms with E-state index in [1.807, 2.05) is 6.07 Å². The maximum Gasteiger partial charge on any atom is 0.326 e. The second-order valence-electron chi connectivity index (χ2n) is 6.50. The summed E-state index contributed by atoms with van der Waals surface area (Å²) < 4.78 is 1.10. The van der Waals surface area contributed by atoms with Gasteiger partial charge in [0, 0.05) is 11.8 Å². The molecule has 0 unspecified atom stereocenters. The van der Waals surface area contributed by atoms with E-state index in [-0.39, 0.29) is 25.1 Å². The van der Waals surface area contributed by atoms with Gasteiger partial charge in [-0.15, -0.1) is 0 Å². The van der Waals surface area contributed by atoms with Crippen LogP contribution in [0.2, 0.25) is 0 Å². The first-order valence-electron chi connectivity index (χ1n) is 8.45. The number of carbonyl (C=O) groups excluding carboxylic acids is 1. The summed E-state index contributed by atoms with van der Waals surface area (Å²) in [4.78, 5) is 45.4. The zero-order chi connectivity index (χ0) is 19.1. The zero-order valence-electron chi connectivity index (χ0n) is 14.5. The normalized spacial score (nSPS) is 16.3. The first kappa shape index (κ1) is 17.0. The summed E-state index contributed by atoms with van der Waals surface area (Å²) >= 11 is 0. The van der Waals surface area contributed by atoms with Crippen molar-refractivity contribution in [1.82, 2.24) is 24.6 Å². The molecule has 138 valence electrons. The van der Waals surface area contributed by atoms with Gasteiger partial charge in [0.25, 0.3) is 5.56 Å². The van der Waals surface area contributed by atoms with Crippen molar-refractivity contribution in [2.24, 2.45) is 0 Å². The molecule has 4 rings (SSSR count). The highest BCUT2D eigenvalue weighted by atomic mass is 16.4. The quantitative estimate of drug-likeness (QED) is 0.694. The molecule has 0 radical (unpaired) electrons. The van der Waals surface area contributed by atoms with Crippen molar-refractivity contribution in [3.63, 3.8) is 0 Å². The number of hydrogen-bond donors (Lipinski definition) is 2. The number of aryl methyl sites for hydroxylation is 1. The van der Waals surface area contributed by atoms with Crippen LogP contribution in [-0.4, -0.2) is 47.7 Å². The van der Waals surface area contributed by atoms with E-state index >= 15 is 0 Å². The van der Waals surface area contributed by atoms with Gasteiger partial charge in [0.1, 0.15) is 12.6 Å². The number of carboxylic acids is 1. The summed E-state index contributed by atoms with van der Waals surface area (Å²) in [5.74, 6) is -1.58. The summed E-state index contributed by atoms with van der Waals surface area (Å²) in [5, 5.41) is 14.9. The molecule has 1 atom stereocenters. The van der Waals surface area contributed by atoms with Crippen molar-refractivity contribution in [1.29, 1.82) is 0 Å². The lowest BCUT2D eigenvalue weighted by Gasteiger charge is -2.32. The molecule has 9 nitrogen and oxygen atoms in total. The maximum atomic E-state index is 12.8. The monoisotopic (exact) mass is 367 g/mol. The number of aromatic amines is 1. The third-order valence-corrected chi connectivity index (χ3v) is 4.84. The van der Waals surface area contributed by atoms with E-state index in [1.54, 1.807) is 25.1 Å². The first-order valence-corrected chi connectivity index (χ1v) is 8.45. The van der Waals surface area contributed by atoms with Crippen LogP contribution in [0.15, 0.2) is 35.4 Å². The van der Waals surface area contributed by atoms with Crippen LogP contribution in [-0.2, 0) is 29.1 Å². The lowest BCUT2D eigenvalue weighted by atomic mass is 10.0. The van der Waals surface area contributed by atoms with Gasteiger partial charge in [0.15, 0.2) is 0 Å². The maximum absolute atomic E-state index is 12.8. The zero-order valence-corrected chi connectivity index (χ0v) is 14.5. The second kappa shape index (κ2) is 6.35. The Morgan fingerprint density at radius 3 is 2.78 bits per heavy atom. The van der Waals surface area contributed by atoms with E-state index in [2.05, 4.69) is 15.1 Å². The van der Waals surface area contributed by atoms with Crippen LogP contribution in [0, 0.1) is 6.92 Å². The fourth-order valence-electron chi connectivity index (χ4n) is 3.45. The van der Waals surface area contributed by atoms with Crippen molar-refractivity contribution in [3.05, 3.63) is 58.0 Å². The third-order valence-electron chi connectivity index (χ3n) is 4.84. The van der Waals surface area contributed by atoms with Gasteiger partial charge in [-0.2, -0.15) is 5.10 Å². The summed E-state index contributed by atoms with van der Waals surface area (Å²) in [6, 6.07) is 6.03. The summed E-state index contributed by atoms with van der Waals surface area (Å²) in [6.07, 6.45) is 1.61. The molecule has 0 fully saturated rings. The Bertz CT molecular complexity index is 1120. The van der Waals surface area contributed by atoms with E-state index in [0.29, 0.717) is 22.5 Å². The van der Waals surface area contributed by atoms with Gasteiger partial charge in [0.2, 0.25) is 5.91 Å². The predicted molar refractivity (Wildman–Crippen MR) is 95.0 cm³/mol. The lowest BCUT2D eigenvalue weighted by Crippen LogP contribution is -2.50. The minimum Gasteiger partial charge on any atom is -0.480 e. The average Bonchev–Trinajstić information content (AvgIpc) is 3.12. The average molecular weight is 367 g/mol. The number of aromatic nitrogens is 4. The molecule has 3 aromatic rings. The van der Waals surface area contributed by atoms with Crippen LogP contribution in [0.1, 0.15) is 17.1 Å². The fourth-order valence-corrected chi connectivity index (χ4v) is 3.45. The number of H-pyrrole nitrogens is 1. The van der Waals surface area contributed by atoms with Gasteiger partial charge in [-0.05, 0) is 13.0 Å². The van der Waals surface area contributed by atoms with Gasteiger partial charge in [-0.1, -0.05) is 18.2 Å². The minimum atomic E-state index is -1.10. The van der Waals surface area contributed by atoms with E-state index in [4.69, 9.17) is 0 Å². The molecule has 27 heavy (non-hydrogen) atoms. The van der Waals surface area contributed by atoms with Crippen LogP contribution in [0.5, 0.6) is 0 Å². The molecule has 2 aromatic heterocycles. The minimum absolute atomic E-state index is 0.104. The number of imidazole rings is 1. The molecule has 1 aliphatic heterocycles. The Morgan fingerprint density at radius 2 is 2.04 bits per heavy atom. The molecule has 1 aliphatic rings. The SMILES string of the molecule is Cc1nn(CC(=O)N2Cc3[nH]cnc3C[C@@H]2C(=O)O)c(=O)c2ccccc12. The Labute approximate surface area is 153 Å². The molecule has 2 N–H and O–H groups in total. The molecule has 3 heterocycles.